The van der Waals surface area contributed by atoms with Crippen LogP contribution in [0.4, 0.5) is 0 Å². The summed E-state index contributed by atoms with van der Waals surface area (Å²) >= 11 is 6.27. The predicted molar refractivity (Wildman–Crippen MR) is 86.5 cm³/mol. The molecule has 6 heteroatoms. The summed E-state index contributed by atoms with van der Waals surface area (Å²) < 4.78 is 7.51. The van der Waals surface area contributed by atoms with Crippen LogP contribution in [0.25, 0.3) is 11.0 Å². The second-order valence-electron chi connectivity index (χ2n) is 6.17. The Kier molecular flexibility index (Phi) is 4.44. The average molecular weight is 311 g/mol. The van der Waals surface area contributed by atoms with Crippen molar-refractivity contribution in [1.82, 2.24) is 14.6 Å². The fourth-order valence-corrected chi connectivity index (χ4v) is 2.42. The van der Waals surface area contributed by atoms with E-state index in [4.69, 9.17) is 16.3 Å². The lowest BCUT2D eigenvalue weighted by molar-refractivity contribution is 0.126. The Morgan fingerprint density at radius 3 is 2.48 bits per heavy atom. The summed E-state index contributed by atoms with van der Waals surface area (Å²) in [6, 6.07) is 0. The minimum Gasteiger partial charge on any atom is -0.374 e. The van der Waals surface area contributed by atoms with E-state index in [2.05, 4.69) is 36.2 Å². The third kappa shape index (κ3) is 3.30. The molecule has 116 valence electrons. The molecule has 0 aliphatic heterocycles. The van der Waals surface area contributed by atoms with Gasteiger partial charge in [0.15, 0.2) is 11.0 Å². The van der Waals surface area contributed by atoms with Crippen molar-refractivity contribution in [3.8, 4) is 0 Å². The summed E-state index contributed by atoms with van der Waals surface area (Å²) in [7, 11) is 0. The van der Waals surface area contributed by atoms with Crippen LogP contribution in [0.1, 0.15) is 44.8 Å². The van der Waals surface area contributed by atoms with Gasteiger partial charge in [-0.3, -0.25) is 0 Å². The fourth-order valence-electron chi connectivity index (χ4n) is 2.16. The van der Waals surface area contributed by atoms with E-state index in [1.165, 1.54) is 0 Å². The van der Waals surface area contributed by atoms with Gasteiger partial charge in [0.1, 0.15) is 12.1 Å². The van der Waals surface area contributed by atoms with Gasteiger partial charge in [-0.1, -0.05) is 11.6 Å². The third-order valence-electron chi connectivity index (χ3n) is 3.19. The van der Waals surface area contributed by atoms with Crippen molar-refractivity contribution in [2.24, 2.45) is 0 Å². The number of aryl methyl sites for hydroxylation is 2. The molecule has 0 spiro atoms. The van der Waals surface area contributed by atoms with Gasteiger partial charge in [0.05, 0.1) is 5.52 Å². The van der Waals surface area contributed by atoms with Crippen molar-refractivity contribution in [2.75, 3.05) is 12.0 Å². The van der Waals surface area contributed by atoms with E-state index >= 15 is 0 Å². The number of ether oxygens (including phenoxy) is 1. The van der Waals surface area contributed by atoms with Crippen molar-refractivity contribution in [3.05, 3.63) is 22.2 Å². The molecule has 2 aromatic rings. The molecule has 0 amide bonds. The number of nitrogens with one attached hydrogen (secondary N) is 1. The van der Waals surface area contributed by atoms with Crippen molar-refractivity contribution in [3.63, 3.8) is 0 Å². The summed E-state index contributed by atoms with van der Waals surface area (Å²) in [6.45, 7) is 13.3. The van der Waals surface area contributed by atoms with Gasteiger partial charge in [0, 0.05) is 17.8 Å². The summed E-state index contributed by atoms with van der Waals surface area (Å²) in [4.78, 5) is 8.97. The number of aromatic nitrogens is 3. The van der Waals surface area contributed by atoms with Crippen LogP contribution in [0.15, 0.2) is 0 Å². The van der Waals surface area contributed by atoms with Crippen LogP contribution in [0.3, 0.4) is 0 Å². The molecule has 21 heavy (non-hydrogen) atoms. The van der Waals surface area contributed by atoms with Crippen LogP contribution in [0, 0.1) is 13.8 Å². The molecule has 5 nitrogen and oxygen atoms in total. The maximum atomic E-state index is 6.27. The van der Waals surface area contributed by atoms with Gasteiger partial charge in [0.2, 0.25) is 0 Å². The summed E-state index contributed by atoms with van der Waals surface area (Å²) in [5.74, 6) is 0.805. The maximum Gasteiger partial charge on any atom is 0.157 e. The molecule has 0 aromatic carbocycles. The Labute approximate surface area is 130 Å². The topological polar surface area (TPSA) is 52.0 Å². The lowest BCUT2D eigenvalue weighted by atomic mass is 10.1. The van der Waals surface area contributed by atoms with E-state index in [1.807, 2.05) is 25.4 Å². The number of halogens is 1. The molecule has 0 aliphatic carbocycles. The normalized spacial score (nSPS) is 12.1. The summed E-state index contributed by atoms with van der Waals surface area (Å²) in [5, 5.41) is 0.431. The molecule has 2 aromatic heterocycles. The maximum absolute atomic E-state index is 6.27. The van der Waals surface area contributed by atoms with Crippen LogP contribution in [0.5, 0.6) is 0 Å². The van der Waals surface area contributed by atoms with Gasteiger partial charge in [-0.25, -0.2) is 14.6 Å². The largest absolute Gasteiger partial charge is 0.374 e. The van der Waals surface area contributed by atoms with E-state index in [9.17, 15) is 0 Å². The van der Waals surface area contributed by atoms with E-state index in [1.54, 1.807) is 0 Å². The molecule has 2 heterocycles. The van der Waals surface area contributed by atoms with Crippen LogP contribution < -0.4 is 5.43 Å². The van der Waals surface area contributed by atoms with E-state index in [0.29, 0.717) is 23.9 Å². The first-order chi connectivity index (χ1) is 9.74. The van der Waals surface area contributed by atoms with Gasteiger partial charge < -0.3 is 10.2 Å². The molecular formula is C15H23ClN4O. The highest BCUT2D eigenvalue weighted by Crippen LogP contribution is 2.27. The SMILES string of the molecule is CCOCc1nc2c(Cl)nc(C)c(C)c2n1NC(C)(C)C. The summed E-state index contributed by atoms with van der Waals surface area (Å²) in [5.41, 5.74) is 7.02. The van der Waals surface area contributed by atoms with Crippen molar-refractivity contribution in [2.45, 2.75) is 53.7 Å². The van der Waals surface area contributed by atoms with Crippen LogP contribution >= 0.6 is 11.6 Å². The lowest BCUT2D eigenvalue weighted by Crippen LogP contribution is -2.35. The number of fused-ring (bicyclic) bond motifs is 1. The molecule has 0 bridgehead atoms. The zero-order valence-corrected chi connectivity index (χ0v) is 14.3. The monoisotopic (exact) mass is 310 g/mol. The van der Waals surface area contributed by atoms with Gasteiger partial charge in [-0.05, 0) is 47.1 Å². The second kappa shape index (κ2) is 5.81. The van der Waals surface area contributed by atoms with Gasteiger partial charge in [-0.15, -0.1) is 0 Å². The lowest BCUT2D eigenvalue weighted by Gasteiger charge is -2.25. The molecule has 2 rings (SSSR count). The van der Waals surface area contributed by atoms with Crippen LogP contribution in [0.2, 0.25) is 5.15 Å². The first-order valence-corrected chi connectivity index (χ1v) is 7.52. The molecule has 0 atom stereocenters. The molecule has 0 saturated heterocycles. The van der Waals surface area contributed by atoms with E-state index in [0.717, 1.165) is 22.6 Å². The smallest absolute Gasteiger partial charge is 0.157 e. The highest BCUT2D eigenvalue weighted by Gasteiger charge is 2.21. The number of rotatable bonds is 4. The number of hydrogen-bond acceptors (Lipinski definition) is 4. The number of imidazole rings is 1. The van der Waals surface area contributed by atoms with E-state index in [-0.39, 0.29) is 5.54 Å². The Morgan fingerprint density at radius 1 is 1.24 bits per heavy atom. The molecule has 0 saturated carbocycles. The van der Waals surface area contributed by atoms with Crippen LogP contribution in [-0.4, -0.2) is 26.8 Å². The second-order valence-corrected chi connectivity index (χ2v) is 6.53. The minimum absolute atomic E-state index is 0.106. The Hall–Kier alpha value is -1.33. The van der Waals surface area contributed by atoms with Gasteiger partial charge in [-0.2, -0.15) is 0 Å². The summed E-state index contributed by atoms with van der Waals surface area (Å²) in [6.07, 6.45) is 0. The van der Waals surface area contributed by atoms with Gasteiger partial charge in [0.25, 0.3) is 0 Å². The number of hydrogen-bond donors (Lipinski definition) is 1. The first kappa shape index (κ1) is 16.0. The zero-order chi connectivity index (χ0) is 15.8. The molecule has 0 radical (unpaired) electrons. The zero-order valence-electron chi connectivity index (χ0n) is 13.5. The molecule has 0 aliphatic rings. The average Bonchev–Trinajstić information content (AvgIpc) is 2.71. The third-order valence-corrected chi connectivity index (χ3v) is 3.45. The first-order valence-electron chi connectivity index (χ1n) is 7.14. The molecule has 1 N–H and O–H groups in total. The number of pyridine rings is 1. The fraction of sp³-hybridized carbons (Fsp3) is 0.600. The standard InChI is InChI=1S/C15H23ClN4O/c1-7-21-8-11-18-12-13(20(11)19-15(4,5)6)9(2)10(3)17-14(12)16/h19H,7-8H2,1-6H3. The van der Waals surface area contributed by atoms with Crippen molar-refractivity contribution >= 4 is 22.6 Å². The predicted octanol–water partition coefficient (Wildman–Crippen LogP) is 3.58. The van der Waals surface area contributed by atoms with E-state index < -0.39 is 0 Å². The molecule has 0 fully saturated rings. The Balaban J connectivity index is 2.69. The minimum atomic E-state index is -0.106. The Bertz CT molecular complexity index is 658. The van der Waals surface area contributed by atoms with Crippen molar-refractivity contribution < 1.29 is 4.74 Å². The highest BCUT2D eigenvalue weighted by atomic mass is 35.5. The van der Waals surface area contributed by atoms with Crippen LogP contribution in [-0.2, 0) is 11.3 Å². The molecule has 0 unspecified atom stereocenters. The molecular weight excluding hydrogens is 288 g/mol. The highest BCUT2D eigenvalue weighted by molar-refractivity contribution is 6.33. The number of nitrogens with zero attached hydrogens (tertiary/aromatic N) is 3. The van der Waals surface area contributed by atoms with Gasteiger partial charge >= 0.3 is 0 Å². The quantitative estimate of drug-likeness (QED) is 0.877. The Morgan fingerprint density at radius 2 is 1.90 bits per heavy atom. The van der Waals surface area contributed by atoms with Crippen molar-refractivity contribution in [1.29, 1.82) is 0 Å².